The molecular weight excluding hydrogens is 282 g/mol. The van der Waals surface area contributed by atoms with Gasteiger partial charge in [-0.3, -0.25) is 0 Å². The van der Waals surface area contributed by atoms with E-state index in [0.717, 1.165) is 57.0 Å². The number of fused-ring (bicyclic) bond motifs is 1. The van der Waals surface area contributed by atoms with E-state index in [1.807, 2.05) is 0 Å². The largest absolute Gasteiger partial charge is 0.354 e. The summed E-state index contributed by atoms with van der Waals surface area (Å²) < 4.78 is 1.23. The lowest BCUT2D eigenvalue weighted by Gasteiger charge is -2.22. The van der Waals surface area contributed by atoms with Gasteiger partial charge < -0.3 is 15.5 Å². The summed E-state index contributed by atoms with van der Waals surface area (Å²) in [7, 11) is 0. The van der Waals surface area contributed by atoms with Crippen LogP contribution in [-0.2, 0) is 0 Å². The van der Waals surface area contributed by atoms with E-state index in [9.17, 15) is 0 Å². The number of thiophene rings is 1. The molecule has 1 saturated heterocycles. The lowest BCUT2D eigenvalue weighted by molar-refractivity contribution is 0.291. The smallest absolute Gasteiger partial charge is 0.150 e. The van der Waals surface area contributed by atoms with Gasteiger partial charge in [-0.2, -0.15) is 0 Å². The van der Waals surface area contributed by atoms with Gasteiger partial charge in [0.1, 0.15) is 12.1 Å². The molecule has 3 rings (SSSR count). The molecule has 0 amide bonds. The molecule has 2 N–H and O–H groups in total. The van der Waals surface area contributed by atoms with Crippen molar-refractivity contribution in [1.82, 2.24) is 14.9 Å². The second kappa shape index (κ2) is 6.68. The number of hydrogen-bond donors (Lipinski definition) is 1. The number of hydrogen-bond acceptors (Lipinski definition) is 6. The molecule has 0 spiro atoms. The monoisotopic (exact) mass is 305 g/mol. The van der Waals surface area contributed by atoms with E-state index in [4.69, 9.17) is 5.73 Å². The molecule has 1 aliphatic heterocycles. The maximum atomic E-state index is 5.62. The quantitative estimate of drug-likeness (QED) is 0.934. The third-order valence-electron chi connectivity index (χ3n) is 4.08. The van der Waals surface area contributed by atoms with Crippen LogP contribution in [0, 0.1) is 6.92 Å². The highest BCUT2D eigenvalue weighted by Gasteiger charge is 2.18. The van der Waals surface area contributed by atoms with Crippen LogP contribution in [0.4, 0.5) is 5.82 Å². The third kappa shape index (κ3) is 3.17. The van der Waals surface area contributed by atoms with Gasteiger partial charge in [0.05, 0.1) is 10.2 Å². The first-order chi connectivity index (χ1) is 10.3. The van der Waals surface area contributed by atoms with Crippen molar-refractivity contribution < 1.29 is 0 Å². The van der Waals surface area contributed by atoms with E-state index in [0.29, 0.717) is 0 Å². The zero-order valence-corrected chi connectivity index (χ0v) is 13.4. The standard InChI is InChI=1S/C15H23N5S/c1-12-10-21-14-13(12)17-11-18-15(14)20-7-3-6-19(8-9-20)5-2-4-16/h10-11H,2-9,16H2,1H3. The fourth-order valence-electron chi connectivity index (χ4n) is 2.90. The van der Waals surface area contributed by atoms with E-state index >= 15 is 0 Å². The summed E-state index contributed by atoms with van der Waals surface area (Å²) in [5, 5.41) is 2.17. The highest BCUT2D eigenvalue weighted by atomic mass is 32.1. The first-order valence-corrected chi connectivity index (χ1v) is 8.53. The van der Waals surface area contributed by atoms with Crippen molar-refractivity contribution in [2.75, 3.05) is 44.2 Å². The molecule has 0 saturated carbocycles. The van der Waals surface area contributed by atoms with E-state index in [2.05, 4.69) is 32.1 Å². The minimum Gasteiger partial charge on any atom is -0.354 e. The molecule has 0 radical (unpaired) electrons. The van der Waals surface area contributed by atoms with Crippen LogP contribution in [0.15, 0.2) is 11.7 Å². The Morgan fingerprint density at radius 1 is 1.24 bits per heavy atom. The Bertz CT molecular complexity index is 597. The average Bonchev–Trinajstić information content (AvgIpc) is 2.74. The molecule has 0 unspecified atom stereocenters. The van der Waals surface area contributed by atoms with Crippen molar-refractivity contribution in [2.24, 2.45) is 5.73 Å². The van der Waals surface area contributed by atoms with Crippen LogP contribution >= 0.6 is 11.3 Å². The summed E-state index contributed by atoms with van der Waals surface area (Å²) in [6, 6.07) is 0. The molecule has 0 atom stereocenters. The second-order valence-corrected chi connectivity index (χ2v) is 6.50. The van der Waals surface area contributed by atoms with Crippen LogP contribution < -0.4 is 10.6 Å². The zero-order chi connectivity index (χ0) is 14.7. The Kier molecular flexibility index (Phi) is 4.67. The minimum atomic E-state index is 0.779. The molecule has 0 aliphatic carbocycles. The molecule has 1 fully saturated rings. The number of anilines is 1. The van der Waals surface area contributed by atoms with Gasteiger partial charge in [-0.25, -0.2) is 9.97 Å². The maximum absolute atomic E-state index is 5.62. The SMILES string of the molecule is Cc1csc2c(N3CCCN(CCCN)CC3)ncnc12. The third-order valence-corrected chi connectivity index (χ3v) is 5.16. The number of nitrogens with zero attached hydrogens (tertiary/aromatic N) is 4. The van der Waals surface area contributed by atoms with Crippen molar-refractivity contribution in [3.05, 3.63) is 17.3 Å². The van der Waals surface area contributed by atoms with Gasteiger partial charge in [-0.1, -0.05) is 0 Å². The number of nitrogens with two attached hydrogens (primary N) is 1. The first kappa shape index (κ1) is 14.7. The predicted octanol–water partition coefficient (Wildman–Crippen LogP) is 1.86. The van der Waals surface area contributed by atoms with Gasteiger partial charge in [0.25, 0.3) is 0 Å². The van der Waals surface area contributed by atoms with Crippen LogP contribution in [0.3, 0.4) is 0 Å². The van der Waals surface area contributed by atoms with Gasteiger partial charge in [-0.05, 0) is 50.3 Å². The topological polar surface area (TPSA) is 58.3 Å². The fourth-order valence-corrected chi connectivity index (χ4v) is 3.92. The van der Waals surface area contributed by atoms with Crippen molar-refractivity contribution >= 4 is 27.4 Å². The van der Waals surface area contributed by atoms with E-state index in [-0.39, 0.29) is 0 Å². The Hall–Kier alpha value is -1.24. The molecule has 2 aromatic heterocycles. The van der Waals surface area contributed by atoms with Crippen LogP contribution in [-0.4, -0.2) is 54.1 Å². The summed E-state index contributed by atoms with van der Waals surface area (Å²) >= 11 is 1.76. The minimum absolute atomic E-state index is 0.779. The normalized spacial score (nSPS) is 17.3. The zero-order valence-electron chi connectivity index (χ0n) is 12.6. The van der Waals surface area contributed by atoms with E-state index < -0.39 is 0 Å². The van der Waals surface area contributed by atoms with Crippen LogP contribution in [0.25, 0.3) is 10.2 Å². The lowest BCUT2D eigenvalue weighted by atomic mass is 10.3. The maximum Gasteiger partial charge on any atom is 0.150 e. The van der Waals surface area contributed by atoms with Gasteiger partial charge in [0.15, 0.2) is 0 Å². The highest BCUT2D eigenvalue weighted by molar-refractivity contribution is 7.18. The second-order valence-electron chi connectivity index (χ2n) is 5.62. The summed E-state index contributed by atoms with van der Waals surface area (Å²) in [6.07, 6.45) is 3.97. The number of rotatable bonds is 4. The summed E-state index contributed by atoms with van der Waals surface area (Å²) in [6.45, 7) is 8.37. The molecule has 21 heavy (non-hydrogen) atoms. The average molecular weight is 305 g/mol. The Morgan fingerprint density at radius 2 is 2.14 bits per heavy atom. The van der Waals surface area contributed by atoms with Crippen molar-refractivity contribution in [3.63, 3.8) is 0 Å². The predicted molar refractivity (Wildman–Crippen MR) is 89.1 cm³/mol. The van der Waals surface area contributed by atoms with Gasteiger partial charge in [0.2, 0.25) is 0 Å². The van der Waals surface area contributed by atoms with Crippen LogP contribution in [0.2, 0.25) is 0 Å². The number of aryl methyl sites for hydroxylation is 1. The molecule has 2 aromatic rings. The number of aromatic nitrogens is 2. The Labute approximate surface area is 129 Å². The molecule has 1 aliphatic rings. The van der Waals surface area contributed by atoms with E-state index in [1.54, 1.807) is 17.7 Å². The van der Waals surface area contributed by atoms with E-state index in [1.165, 1.54) is 16.7 Å². The van der Waals surface area contributed by atoms with Crippen molar-refractivity contribution in [1.29, 1.82) is 0 Å². The molecule has 6 heteroatoms. The molecule has 0 bridgehead atoms. The van der Waals surface area contributed by atoms with Crippen molar-refractivity contribution in [2.45, 2.75) is 19.8 Å². The molecule has 0 aromatic carbocycles. The molecule has 114 valence electrons. The first-order valence-electron chi connectivity index (χ1n) is 7.66. The summed E-state index contributed by atoms with van der Waals surface area (Å²) in [5.41, 5.74) is 7.97. The highest BCUT2D eigenvalue weighted by Crippen LogP contribution is 2.31. The summed E-state index contributed by atoms with van der Waals surface area (Å²) in [4.78, 5) is 13.9. The van der Waals surface area contributed by atoms with Crippen LogP contribution in [0.1, 0.15) is 18.4 Å². The fraction of sp³-hybridized carbons (Fsp3) is 0.600. The molecular formula is C15H23N5S. The Morgan fingerprint density at radius 3 is 3.00 bits per heavy atom. The van der Waals surface area contributed by atoms with Gasteiger partial charge in [0, 0.05) is 19.6 Å². The van der Waals surface area contributed by atoms with Crippen LogP contribution in [0.5, 0.6) is 0 Å². The lowest BCUT2D eigenvalue weighted by Crippen LogP contribution is -2.32. The van der Waals surface area contributed by atoms with Crippen molar-refractivity contribution in [3.8, 4) is 0 Å². The Balaban J connectivity index is 1.77. The molecule has 3 heterocycles. The molecule has 5 nitrogen and oxygen atoms in total. The van der Waals surface area contributed by atoms with Gasteiger partial charge in [-0.15, -0.1) is 11.3 Å². The van der Waals surface area contributed by atoms with Gasteiger partial charge >= 0.3 is 0 Å². The summed E-state index contributed by atoms with van der Waals surface area (Å²) in [5.74, 6) is 1.11.